The lowest BCUT2D eigenvalue weighted by atomic mass is 9.93. The highest BCUT2D eigenvalue weighted by molar-refractivity contribution is 6.35. The number of likely N-dealkylation sites (tertiary alicyclic amines) is 1. The zero-order valence-electron chi connectivity index (χ0n) is 16.0. The lowest BCUT2D eigenvalue weighted by Gasteiger charge is -2.38. The van der Waals surface area contributed by atoms with E-state index in [9.17, 15) is 4.79 Å². The molecule has 0 radical (unpaired) electrons. The molecule has 5 nitrogen and oxygen atoms in total. The highest BCUT2D eigenvalue weighted by atomic mass is 35.5. The first kappa shape index (κ1) is 20.6. The zero-order chi connectivity index (χ0) is 20.2. The van der Waals surface area contributed by atoms with Gasteiger partial charge in [0.05, 0.1) is 13.2 Å². The van der Waals surface area contributed by atoms with Crippen LogP contribution < -0.4 is 5.32 Å². The van der Waals surface area contributed by atoms with E-state index in [2.05, 4.69) is 10.2 Å². The van der Waals surface area contributed by atoms with E-state index in [1.54, 1.807) is 18.2 Å². The Bertz CT molecular complexity index is 815. The van der Waals surface area contributed by atoms with Crippen LogP contribution in [-0.2, 0) is 14.3 Å². The van der Waals surface area contributed by atoms with Crippen LogP contribution >= 0.6 is 23.2 Å². The summed E-state index contributed by atoms with van der Waals surface area (Å²) in [5.74, 6) is 0.279. The molecule has 0 spiro atoms. The summed E-state index contributed by atoms with van der Waals surface area (Å²) < 4.78 is 11.4. The van der Waals surface area contributed by atoms with Crippen LogP contribution in [0.4, 0.5) is 5.69 Å². The Morgan fingerprint density at radius 2 is 1.62 bits per heavy atom. The average Bonchev–Trinajstić information content (AvgIpc) is 3.23. The van der Waals surface area contributed by atoms with Crippen molar-refractivity contribution in [3.05, 3.63) is 64.1 Å². The number of halogens is 2. The third-order valence-corrected chi connectivity index (χ3v) is 5.90. The Balaban J connectivity index is 1.50. The molecule has 1 atom stereocenters. The van der Waals surface area contributed by atoms with E-state index in [0.29, 0.717) is 34.9 Å². The van der Waals surface area contributed by atoms with Crippen LogP contribution in [0.1, 0.15) is 24.4 Å². The van der Waals surface area contributed by atoms with Gasteiger partial charge in [-0.05, 0) is 49.7 Å². The van der Waals surface area contributed by atoms with Crippen LogP contribution in [0.5, 0.6) is 0 Å². The number of carbonyl (C=O) groups excluding carboxylic acids is 1. The number of amides is 1. The summed E-state index contributed by atoms with van der Waals surface area (Å²) in [6.45, 7) is 2.94. The van der Waals surface area contributed by atoms with Gasteiger partial charge in [0, 0.05) is 21.7 Å². The first-order valence-corrected chi connectivity index (χ1v) is 10.6. The Morgan fingerprint density at radius 3 is 2.24 bits per heavy atom. The van der Waals surface area contributed by atoms with Gasteiger partial charge in [-0.15, -0.1) is 0 Å². The second-order valence-electron chi connectivity index (χ2n) is 7.44. The normalized spacial score (nSPS) is 19.9. The number of benzene rings is 2. The molecule has 0 aromatic heterocycles. The van der Waals surface area contributed by atoms with Gasteiger partial charge in [-0.3, -0.25) is 9.69 Å². The molecule has 2 aliphatic heterocycles. The van der Waals surface area contributed by atoms with Crippen LogP contribution in [0.25, 0.3) is 0 Å². The van der Waals surface area contributed by atoms with Crippen molar-refractivity contribution >= 4 is 34.8 Å². The van der Waals surface area contributed by atoms with Crippen molar-refractivity contribution in [3.8, 4) is 0 Å². The number of nitrogens with zero attached hydrogens (tertiary/aromatic N) is 1. The molecule has 2 saturated heterocycles. The summed E-state index contributed by atoms with van der Waals surface area (Å²) in [5, 5.41) is 3.96. The molecule has 29 heavy (non-hydrogen) atoms. The quantitative estimate of drug-likeness (QED) is 0.736. The van der Waals surface area contributed by atoms with Crippen molar-refractivity contribution in [2.45, 2.75) is 25.2 Å². The Labute approximate surface area is 180 Å². The van der Waals surface area contributed by atoms with E-state index in [1.807, 2.05) is 30.3 Å². The van der Waals surface area contributed by atoms with Crippen LogP contribution in [0, 0.1) is 5.92 Å². The average molecular weight is 435 g/mol. The number of rotatable bonds is 5. The van der Waals surface area contributed by atoms with Gasteiger partial charge in [-0.2, -0.15) is 0 Å². The van der Waals surface area contributed by atoms with Crippen molar-refractivity contribution in [1.29, 1.82) is 0 Å². The number of hydrogen-bond acceptors (Lipinski definition) is 4. The van der Waals surface area contributed by atoms with Gasteiger partial charge in [-0.1, -0.05) is 53.5 Å². The standard InChI is InChI=1S/C22H24Cl2N2O3/c23-17-12-18(24)14-19(13-17)25-21(27)20(15-4-2-1-3-5-15)26-8-6-16(7-9-26)22-28-10-11-29-22/h1-5,12-14,16,20,22H,6-11H2,(H,25,27). The maximum atomic E-state index is 13.3. The van der Waals surface area contributed by atoms with E-state index in [-0.39, 0.29) is 18.2 Å². The number of hydrogen-bond donors (Lipinski definition) is 1. The van der Waals surface area contributed by atoms with Gasteiger partial charge < -0.3 is 14.8 Å². The van der Waals surface area contributed by atoms with Gasteiger partial charge in [0.25, 0.3) is 0 Å². The topological polar surface area (TPSA) is 50.8 Å². The van der Waals surface area contributed by atoms with Gasteiger partial charge in [0.15, 0.2) is 6.29 Å². The summed E-state index contributed by atoms with van der Waals surface area (Å²) in [6.07, 6.45) is 1.77. The molecule has 1 unspecified atom stereocenters. The molecular formula is C22H24Cl2N2O3. The molecule has 2 aliphatic rings. The molecule has 7 heteroatoms. The Hall–Kier alpha value is -1.63. The largest absolute Gasteiger partial charge is 0.350 e. The SMILES string of the molecule is O=C(Nc1cc(Cl)cc(Cl)c1)C(c1ccccc1)N1CCC(C2OCCO2)CC1. The van der Waals surface area contributed by atoms with Crippen LogP contribution in [-0.4, -0.2) is 43.4 Å². The van der Waals surface area contributed by atoms with E-state index < -0.39 is 0 Å². The molecule has 2 fully saturated rings. The first-order valence-electron chi connectivity index (χ1n) is 9.89. The van der Waals surface area contributed by atoms with E-state index in [1.165, 1.54) is 0 Å². The van der Waals surface area contributed by atoms with E-state index >= 15 is 0 Å². The molecular weight excluding hydrogens is 411 g/mol. The number of anilines is 1. The van der Waals surface area contributed by atoms with E-state index in [0.717, 1.165) is 31.5 Å². The summed E-state index contributed by atoms with van der Waals surface area (Å²) in [6, 6.07) is 14.5. The fourth-order valence-electron chi connectivity index (χ4n) is 4.10. The number of piperidine rings is 1. The molecule has 1 N–H and O–H groups in total. The lowest BCUT2D eigenvalue weighted by Crippen LogP contribution is -2.44. The van der Waals surface area contributed by atoms with Gasteiger partial charge in [0.2, 0.25) is 5.91 Å². The minimum Gasteiger partial charge on any atom is -0.350 e. The Morgan fingerprint density at radius 1 is 1.00 bits per heavy atom. The maximum absolute atomic E-state index is 13.3. The smallest absolute Gasteiger partial charge is 0.246 e. The molecule has 0 aliphatic carbocycles. The highest BCUT2D eigenvalue weighted by Gasteiger charge is 2.35. The van der Waals surface area contributed by atoms with Crippen LogP contribution in [0.2, 0.25) is 10.0 Å². The van der Waals surface area contributed by atoms with Gasteiger partial charge >= 0.3 is 0 Å². The molecule has 4 rings (SSSR count). The second-order valence-corrected chi connectivity index (χ2v) is 8.32. The minimum absolute atomic E-state index is 0.0960. The molecule has 1 amide bonds. The van der Waals surface area contributed by atoms with Gasteiger partial charge in [-0.25, -0.2) is 0 Å². The number of ether oxygens (including phenoxy) is 2. The van der Waals surface area contributed by atoms with Crippen molar-refractivity contribution in [2.75, 3.05) is 31.6 Å². The molecule has 2 aromatic rings. The Kier molecular flexibility index (Phi) is 6.73. The fourth-order valence-corrected chi connectivity index (χ4v) is 4.62. The van der Waals surface area contributed by atoms with Gasteiger partial charge in [0.1, 0.15) is 6.04 Å². The summed E-state index contributed by atoms with van der Waals surface area (Å²) >= 11 is 12.2. The minimum atomic E-state index is -0.389. The van der Waals surface area contributed by atoms with Crippen molar-refractivity contribution < 1.29 is 14.3 Å². The van der Waals surface area contributed by atoms with E-state index in [4.69, 9.17) is 32.7 Å². The third-order valence-electron chi connectivity index (χ3n) is 5.47. The number of carbonyl (C=O) groups is 1. The molecule has 2 aromatic carbocycles. The van der Waals surface area contributed by atoms with Crippen molar-refractivity contribution in [2.24, 2.45) is 5.92 Å². The maximum Gasteiger partial charge on any atom is 0.246 e. The fraction of sp³-hybridized carbons (Fsp3) is 0.409. The second kappa shape index (κ2) is 9.45. The first-order chi connectivity index (χ1) is 14.1. The zero-order valence-corrected chi connectivity index (χ0v) is 17.5. The molecule has 0 saturated carbocycles. The third kappa shape index (κ3) is 5.11. The predicted molar refractivity (Wildman–Crippen MR) is 114 cm³/mol. The van der Waals surface area contributed by atoms with Crippen LogP contribution in [0.15, 0.2) is 48.5 Å². The molecule has 154 valence electrons. The predicted octanol–water partition coefficient (Wildman–Crippen LogP) is 4.76. The lowest BCUT2D eigenvalue weighted by molar-refractivity contribution is -0.124. The number of nitrogens with one attached hydrogen (secondary N) is 1. The summed E-state index contributed by atoms with van der Waals surface area (Å²) in [4.78, 5) is 15.5. The summed E-state index contributed by atoms with van der Waals surface area (Å²) in [5.41, 5.74) is 1.56. The monoisotopic (exact) mass is 434 g/mol. The molecule has 0 bridgehead atoms. The summed E-state index contributed by atoms with van der Waals surface area (Å²) in [7, 11) is 0. The highest BCUT2D eigenvalue weighted by Crippen LogP contribution is 2.32. The van der Waals surface area contributed by atoms with Crippen molar-refractivity contribution in [3.63, 3.8) is 0 Å². The van der Waals surface area contributed by atoms with Crippen molar-refractivity contribution in [1.82, 2.24) is 4.90 Å². The van der Waals surface area contributed by atoms with Crippen LogP contribution in [0.3, 0.4) is 0 Å². The molecule has 2 heterocycles.